The van der Waals surface area contributed by atoms with Gasteiger partial charge in [0.25, 0.3) is 5.91 Å². The first-order valence-electron chi connectivity index (χ1n) is 8.37. The maximum atomic E-state index is 12.8. The number of aryl methyl sites for hydroxylation is 1. The maximum Gasteiger partial charge on any atom is 0.277 e. The first-order valence-corrected chi connectivity index (χ1v) is 12.2. The van der Waals surface area contributed by atoms with Crippen LogP contribution in [-0.4, -0.2) is 40.2 Å². The summed E-state index contributed by atoms with van der Waals surface area (Å²) in [7, 11) is -3.87. The normalized spacial score (nSPS) is 11.4. The van der Waals surface area contributed by atoms with Crippen LogP contribution in [0.15, 0.2) is 40.0 Å². The highest BCUT2D eigenvalue weighted by molar-refractivity contribution is 8.01. The lowest BCUT2D eigenvalue weighted by Gasteiger charge is -2.08. The summed E-state index contributed by atoms with van der Waals surface area (Å²) in [5.41, 5.74) is 1.22. The van der Waals surface area contributed by atoms with Crippen LogP contribution in [0.25, 0.3) is 0 Å². The third-order valence-corrected chi connectivity index (χ3v) is 7.29. The molecule has 3 rings (SSSR count). The van der Waals surface area contributed by atoms with Gasteiger partial charge in [0, 0.05) is 0 Å². The Labute approximate surface area is 181 Å². The number of carbonyl (C=O) groups is 1. The van der Waals surface area contributed by atoms with Crippen molar-refractivity contribution in [2.75, 3.05) is 11.1 Å². The van der Waals surface area contributed by atoms with Crippen LogP contribution in [0, 0.1) is 6.92 Å². The van der Waals surface area contributed by atoms with E-state index in [1.54, 1.807) is 12.1 Å². The molecule has 0 aliphatic rings. The first kappa shape index (κ1) is 21.6. The van der Waals surface area contributed by atoms with Crippen LogP contribution in [0.5, 0.6) is 0 Å². The number of hydrogen-bond acceptors (Lipinski definition) is 9. The van der Waals surface area contributed by atoms with Gasteiger partial charge in [0.1, 0.15) is 0 Å². The summed E-state index contributed by atoms with van der Waals surface area (Å²) < 4.78 is 26.2. The van der Waals surface area contributed by atoms with E-state index < -0.39 is 20.9 Å². The van der Waals surface area contributed by atoms with Gasteiger partial charge in [-0.25, -0.2) is 18.4 Å². The zero-order valence-corrected chi connectivity index (χ0v) is 18.6. The average Bonchev–Trinajstić information content (AvgIpc) is 3.11. The molecular weight excluding hydrogens is 454 g/mol. The van der Waals surface area contributed by atoms with Crippen molar-refractivity contribution < 1.29 is 13.2 Å². The van der Waals surface area contributed by atoms with Crippen LogP contribution in [-0.2, 0) is 15.6 Å². The van der Waals surface area contributed by atoms with Crippen LogP contribution in [0.4, 0.5) is 5.13 Å². The van der Waals surface area contributed by atoms with Crippen molar-refractivity contribution in [1.82, 2.24) is 20.2 Å². The number of thioether (sulfide) groups is 1. The second kappa shape index (κ2) is 9.16. The van der Waals surface area contributed by atoms with E-state index in [9.17, 15) is 13.2 Å². The smallest absolute Gasteiger partial charge is 0.277 e. The van der Waals surface area contributed by atoms with Crippen molar-refractivity contribution in [3.8, 4) is 0 Å². The van der Waals surface area contributed by atoms with E-state index in [1.807, 2.05) is 26.0 Å². The highest BCUT2D eigenvalue weighted by Crippen LogP contribution is 2.26. The van der Waals surface area contributed by atoms with E-state index in [2.05, 4.69) is 25.5 Å². The Kier molecular flexibility index (Phi) is 6.83. The largest absolute Gasteiger partial charge is 0.295 e. The Hall–Kier alpha value is -2.08. The number of anilines is 1. The van der Waals surface area contributed by atoms with Crippen LogP contribution in [0.1, 0.15) is 28.5 Å². The van der Waals surface area contributed by atoms with E-state index in [0.717, 1.165) is 17.5 Å². The van der Waals surface area contributed by atoms with E-state index in [4.69, 9.17) is 11.6 Å². The Bertz CT molecular complexity index is 1150. The Morgan fingerprint density at radius 2 is 2.03 bits per heavy atom. The average molecular weight is 470 g/mol. The van der Waals surface area contributed by atoms with Crippen LogP contribution in [0.2, 0.25) is 5.02 Å². The molecule has 3 aromatic rings. The van der Waals surface area contributed by atoms with Gasteiger partial charge in [-0.15, -0.1) is 10.2 Å². The Morgan fingerprint density at radius 3 is 2.76 bits per heavy atom. The summed E-state index contributed by atoms with van der Waals surface area (Å²) in [6.07, 6.45) is 1.10. The quantitative estimate of drug-likeness (QED) is 0.317. The van der Waals surface area contributed by atoms with Crippen LogP contribution >= 0.6 is 34.7 Å². The van der Waals surface area contributed by atoms with Crippen molar-refractivity contribution >= 4 is 55.6 Å². The van der Waals surface area contributed by atoms with Crippen molar-refractivity contribution in [2.45, 2.75) is 29.1 Å². The number of nitrogens with one attached hydrogen (secondary N) is 1. The van der Waals surface area contributed by atoms with Crippen molar-refractivity contribution in [3.05, 3.63) is 52.3 Å². The number of hydrogen-bond donors (Lipinski definition) is 1. The monoisotopic (exact) mass is 469 g/mol. The highest BCUT2D eigenvalue weighted by atomic mass is 35.5. The zero-order chi connectivity index (χ0) is 21.0. The number of rotatable bonds is 7. The molecule has 0 fully saturated rings. The number of aromatic nitrogens is 4. The second-order valence-electron chi connectivity index (χ2n) is 5.79. The summed E-state index contributed by atoms with van der Waals surface area (Å²) in [6, 6.07) is 7.12. The van der Waals surface area contributed by atoms with Gasteiger partial charge in [0.2, 0.25) is 20.1 Å². The Morgan fingerprint density at radius 1 is 1.28 bits per heavy atom. The van der Waals surface area contributed by atoms with E-state index in [0.29, 0.717) is 9.90 Å². The topological polar surface area (TPSA) is 115 Å². The number of benzene rings is 1. The SMILES string of the molecule is CCSc1nnc(NC(=O)c2nc(S(=O)(=O)Cc3ccccc3C)ncc2Cl)s1. The predicted molar refractivity (Wildman–Crippen MR) is 113 cm³/mol. The number of amides is 1. The molecule has 1 aromatic carbocycles. The van der Waals surface area contributed by atoms with Gasteiger partial charge in [-0.05, 0) is 23.8 Å². The highest BCUT2D eigenvalue weighted by Gasteiger charge is 2.24. The second-order valence-corrected chi connectivity index (χ2v) is 10.6. The number of carbonyl (C=O) groups excluding carboxylic acids is 1. The van der Waals surface area contributed by atoms with Gasteiger partial charge < -0.3 is 0 Å². The predicted octanol–water partition coefficient (Wildman–Crippen LogP) is 3.63. The molecule has 0 spiro atoms. The van der Waals surface area contributed by atoms with Gasteiger partial charge in [-0.3, -0.25) is 10.1 Å². The van der Waals surface area contributed by atoms with Crippen molar-refractivity contribution in [3.63, 3.8) is 0 Å². The minimum Gasteiger partial charge on any atom is -0.295 e. The lowest BCUT2D eigenvalue weighted by molar-refractivity contribution is 0.102. The lowest BCUT2D eigenvalue weighted by Crippen LogP contribution is -2.18. The lowest BCUT2D eigenvalue weighted by atomic mass is 10.1. The molecular formula is C17H16ClN5O3S3. The number of nitrogens with zero attached hydrogens (tertiary/aromatic N) is 4. The summed E-state index contributed by atoms with van der Waals surface area (Å²) in [5.74, 6) is -0.146. The molecule has 0 saturated heterocycles. The third kappa shape index (κ3) is 5.30. The van der Waals surface area contributed by atoms with Crippen molar-refractivity contribution in [1.29, 1.82) is 0 Å². The number of sulfone groups is 1. The van der Waals surface area contributed by atoms with Gasteiger partial charge >= 0.3 is 0 Å². The molecule has 2 heterocycles. The van der Waals surface area contributed by atoms with Gasteiger partial charge in [0.15, 0.2) is 10.0 Å². The van der Waals surface area contributed by atoms with E-state index in [1.165, 1.54) is 23.1 Å². The summed E-state index contributed by atoms with van der Waals surface area (Å²) in [5, 5.41) is 10.1. The van der Waals surface area contributed by atoms with Gasteiger partial charge in [0.05, 0.1) is 17.0 Å². The molecule has 12 heteroatoms. The fourth-order valence-corrected chi connectivity index (χ4v) is 5.43. The van der Waals surface area contributed by atoms with Crippen LogP contribution in [0.3, 0.4) is 0 Å². The molecule has 0 atom stereocenters. The van der Waals surface area contributed by atoms with E-state index in [-0.39, 0.29) is 21.6 Å². The molecule has 1 amide bonds. The minimum absolute atomic E-state index is 0.0648. The van der Waals surface area contributed by atoms with Crippen LogP contribution < -0.4 is 5.32 Å². The fourth-order valence-electron chi connectivity index (χ4n) is 2.30. The minimum atomic E-state index is -3.87. The molecule has 1 N–H and O–H groups in total. The van der Waals surface area contributed by atoms with E-state index >= 15 is 0 Å². The summed E-state index contributed by atoms with van der Waals surface area (Å²) in [4.78, 5) is 20.3. The number of halogens is 1. The molecule has 29 heavy (non-hydrogen) atoms. The summed E-state index contributed by atoms with van der Waals surface area (Å²) in [6.45, 7) is 3.80. The molecule has 8 nitrogen and oxygen atoms in total. The molecule has 0 aliphatic carbocycles. The van der Waals surface area contributed by atoms with Crippen molar-refractivity contribution in [2.24, 2.45) is 0 Å². The molecule has 0 bridgehead atoms. The molecule has 0 radical (unpaired) electrons. The molecule has 0 unspecified atom stereocenters. The third-order valence-electron chi connectivity index (χ3n) is 3.72. The van der Waals surface area contributed by atoms with Gasteiger partial charge in [-0.1, -0.05) is 65.9 Å². The molecule has 2 aromatic heterocycles. The fraction of sp³-hybridized carbons (Fsp3) is 0.235. The molecule has 152 valence electrons. The van der Waals surface area contributed by atoms with Gasteiger partial charge in [-0.2, -0.15) is 0 Å². The zero-order valence-electron chi connectivity index (χ0n) is 15.4. The Balaban J connectivity index is 1.84. The maximum absolute atomic E-state index is 12.8. The molecule has 0 saturated carbocycles. The standard InChI is InChI=1S/C17H16ClN5O3S3/c1-3-27-17-23-22-15(28-17)21-14(24)13-12(18)8-19-16(20-13)29(25,26)9-11-7-5-4-6-10(11)2/h4-8H,3,9H2,1-2H3,(H,21,22,24). The summed E-state index contributed by atoms with van der Waals surface area (Å²) >= 11 is 8.73. The first-order chi connectivity index (χ1) is 13.8. The molecule has 0 aliphatic heterocycles.